The lowest BCUT2D eigenvalue weighted by Gasteiger charge is -2.13. The van der Waals surface area contributed by atoms with Crippen LogP contribution in [0.15, 0.2) is 24.3 Å². The Hall–Kier alpha value is -1.31. The number of amides is 1. The Kier molecular flexibility index (Phi) is 6.61. The van der Waals surface area contributed by atoms with Crippen LogP contribution in [0.4, 0.5) is 0 Å². The van der Waals surface area contributed by atoms with E-state index in [2.05, 4.69) is 50.4 Å². The second kappa shape index (κ2) is 7.98. The molecular weight excluding hydrogens is 234 g/mol. The van der Waals surface area contributed by atoms with Gasteiger partial charge in [0.15, 0.2) is 0 Å². The van der Waals surface area contributed by atoms with Crippen molar-refractivity contribution in [2.45, 2.75) is 52.9 Å². The van der Waals surface area contributed by atoms with E-state index in [1.807, 2.05) is 6.92 Å². The van der Waals surface area contributed by atoms with Crippen molar-refractivity contribution in [3.63, 3.8) is 0 Å². The molecule has 1 unspecified atom stereocenters. The van der Waals surface area contributed by atoms with Crippen molar-refractivity contribution in [2.24, 2.45) is 5.92 Å². The monoisotopic (exact) mass is 261 g/mol. The van der Waals surface area contributed by atoms with E-state index in [-0.39, 0.29) is 11.8 Å². The first kappa shape index (κ1) is 15.7. The van der Waals surface area contributed by atoms with Gasteiger partial charge < -0.3 is 5.32 Å². The normalized spacial score (nSPS) is 12.5. The van der Waals surface area contributed by atoms with E-state index in [0.717, 1.165) is 31.4 Å². The molecule has 2 nitrogen and oxygen atoms in total. The predicted octanol–water partition coefficient (Wildman–Crippen LogP) is 3.90. The molecule has 0 bridgehead atoms. The summed E-state index contributed by atoms with van der Waals surface area (Å²) in [7, 11) is 0. The van der Waals surface area contributed by atoms with Crippen molar-refractivity contribution >= 4 is 5.91 Å². The molecule has 1 rings (SSSR count). The highest BCUT2D eigenvalue weighted by Crippen LogP contribution is 2.17. The van der Waals surface area contributed by atoms with Gasteiger partial charge in [-0.25, -0.2) is 0 Å². The summed E-state index contributed by atoms with van der Waals surface area (Å²) in [5, 5.41) is 2.99. The van der Waals surface area contributed by atoms with Gasteiger partial charge >= 0.3 is 0 Å². The number of unbranched alkanes of at least 4 members (excludes halogenated alkanes) is 1. The van der Waals surface area contributed by atoms with Crippen LogP contribution < -0.4 is 5.32 Å². The first-order chi connectivity index (χ1) is 9.04. The van der Waals surface area contributed by atoms with E-state index >= 15 is 0 Å². The van der Waals surface area contributed by atoms with Gasteiger partial charge in [-0.3, -0.25) is 4.79 Å². The van der Waals surface area contributed by atoms with Gasteiger partial charge in [0.1, 0.15) is 0 Å². The Bertz CT molecular complexity index is 381. The highest BCUT2D eigenvalue weighted by molar-refractivity contribution is 5.83. The second-order valence-electron chi connectivity index (χ2n) is 5.71. The summed E-state index contributed by atoms with van der Waals surface area (Å²) in [6, 6.07) is 8.46. The molecule has 1 aromatic carbocycles. The number of hydrogen-bond donors (Lipinski definition) is 1. The van der Waals surface area contributed by atoms with E-state index in [4.69, 9.17) is 0 Å². The van der Waals surface area contributed by atoms with E-state index < -0.39 is 0 Å². The molecular formula is C17H27NO. The second-order valence-corrected chi connectivity index (χ2v) is 5.71. The van der Waals surface area contributed by atoms with Crippen molar-refractivity contribution in [2.75, 3.05) is 6.54 Å². The fraction of sp³-hybridized carbons (Fsp3) is 0.588. The fourth-order valence-corrected chi connectivity index (χ4v) is 2.11. The van der Waals surface area contributed by atoms with Crippen molar-refractivity contribution in [3.05, 3.63) is 35.4 Å². The lowest BCUT2D eigenvalue weighted by atomic mass is 9.96. The summed E-state index contributed by atoms with van der Waals surface area (Å²) in [5.74, 6) is 0.732. The Morgan fingerprint density at radius 1 is 1.16 bits per heavy atom. The van der Waals surface area contributed by atoms with Crippen molar-refractivity contribution in [3.8, 4) is 0 Å². The molecule has 0 radical (unpaired) electrons. The first-order valence-electron chi connectivity index (χ1n) is 7.41. The smallest absolute Gasteiger partial charge is 0.227 e. The van der Waals surface area contributed by atoms with Crippen LogP contribution in [-0.4, -0.2) is 12.5 Å². The molecule has 1 atom stereocenters. The van der Waals surface area contributed by atoms with Gasteiger partial charge in [-0.05, 0) is 36.8 Å². The molecule has 0 spiro atoms. The van der Waals surface area contributed by atoms with Gasteiger partial charge in [0.25, 0.3) is 0 Å². The maximum absolute atomic E-state index is 12.0. The number of carbonyl (C=O) groups excluding carboxylic acids is 1. The molecule has 106 valence electrons. The molecule has 2 heteroatoms. The largest absolute Gasteiger partial charge is 0.356 e. The first-order valence-corrected chi connectivity index (χ1v) is 7.41. The predicted molar refractivity (Wildman–Crippen MR) is 81.3 cm³/mol. The summed E-state index contributed by atoms with van der Waals surface area (Å²) in [5.41, 5.74) is 2.44. The molecule has 0 aromatic heterocycles. The fourth-order valence-electron chi connectivity index (χ4n) is 2.11. The zero-order chi connectivity index (χ0) is 14.3. The van der Waals surface area contributed by atoms with Crippen molar-refractivity contribution in [1.82, 2.24) is 5.32 Å². The minimum absolute atomic E-state index is 0.0649. The van der Waals surface area contributed by atoms with Crippen LogP contribution in [0.2, 0.25) is 0 Å². The van der Waals surface area contributed by atoms with Crippen LogP contribution in [0.5, 0.6) is 0 Å². The molecule has 0 heterocycles. The summed E-state index contributed by atoms with van der Waals surface area (Å²) in [6.07, 6.45) is 3.25. The molecule has 0 aliphatic rings. The van der Waals surface area contributed by atoms with Crippen molar-refractivity contribution in [1.29, 1.82) is 0 Å². The van der Waals surface area contributed by atoms with Gasteiger partial charge in [-0.2, -0.15) is 0 Å². The van der Waals surface area contributed by atoms with E-state index in [0.29, 0.717) is 5.92 Å². The Balaban J connectivity index is 2.56. The van der Waals surface area contributed by atoms with Crippen LogP contribution in [0.3, 0.4) is 0 Å². The van der Waals surface area contributed by atoms with Crippen LogP contribution in [0, 0.1) is 5.92 Å². The maximum Gasteiger partial charge on any atom is 0.227 e. The molecule has 0 aliphatic heterocycles. The summed E-state index contributed by atoms with van der Waals surface area (Å²) >= 11 is 0. The lowest BCUT2D eigenvalue weighted by Crippen LogP contribution is -2.28. The summed E-state index contributed by atoms with van der Waals surface area (Å²) < 4.78 is 0. The van der Waals surface area contributed by atoms with E-state index in [1.54, 1.807) is 0 Å². The minimum atomic E-state index is -0.0649. The van der Waals surface area contributed by atoms with Crippen LogP contribution >= 0.6 is 0 Å². The minimum Gasteiger partial charge on any atom is -0.356 e. The molecule has 19 heavy (non-hydrogen) atoms. The van der Waals surface area contributed by atoms with Gasteiger partial charge in [0.05, 0.1) is 5.92 Å². The third kappa shape index (κ3) is 5.46. The summed E-state index contributed by atoms with van der Waals surface area (Å²) in [4.78, 5) is 12.0. The third-order valence-electron chi connectivity index (χ3n) is 3.35. The average molecular weight is 261 g/mol. The van der Waals surface area contributed by atoms with Gasteiger partial charge in [0.2, 0.25) is 5.91 Å². The molecule has 1 N–H and O–H groups in total. The zero-order valence-corrected chi connectivity index (χ0v) is 12.7. The zero-order valence-electron chi connectivity index (χ0n) is 12.7. The highest BCUT2D eigenvalue weighted by atomic mass is 16.1. The van der Waals surface area contributed by atoms with Gasteiger partial charge in [-0.15, -0.1) is 0 Å². The number of nitrogens with one attached hydrogen (secondary N) is 1. The molecule has 0 fully saturated rings. The number of benzene rings is 1. The number of hydrogen-bond acceptors (Lipinski definition) is 1. The maximum atomic E-state index is 12.0. The molecule has 1 aromatic rings. The van der Waals surface area contributed by atoms with Crippen LogP contribution in [0.25, 0.3) is 0 Å². The molecule has 0 saturated carbocycles. The van der Waals surface area contributed by atoms with Crippen molar-refractivity contribution < 1.29 is 4.79 Å². The topological polar surface area (TPSA) is 29.1 Å². The average Bonchev–Trinajstić information content (AvgIpc) is 2.38. The number of carbonyl (C=O) groups is 1. The Labute approximate surface area is 117 Å². The summed E-state index contributed by atoms with van der Waals surface area (Å²) in [6.45, 7) is 9.32. The SMILES string of the molecule is CCCCNC(=O)C(C)c1ccc(CC(C)C)cc1. The lowest BCUT2D eigenvalue weighted by molar-refractivity contribution is -0.122. The quantitative estimate of drug-likeness (QED) is 0.741. The standard InChI is InChI=1S/C17H27NO/c1-5-6-11-18-17(19)14(4)16-9-7-15(8-10-16)12-13(2)3/h7-10,13-14H,5-6,11-12H2,1-4H3,(H,18,19). The third-order valence-corrected chi connectivity index (χ3v) is 3.35. The Morgan fingerprint density at radius 3 is 2.32 bits per heavy atom. The number of rotatable bonds is 7. The molecule has 0 aliphatic carbocycles. The molecule has 1 amide bonds. The van der Waals surface area contributed by atoms with E-state index in [1.165, 1.54) is 5.56 Å². The van der Waals surface area contributed by atoms with Crippen LogP contribution in [-0.2, 0) is 11.2 Å². The van der Waals surface area contributed by atoms with E-state index in [9.17, 15) is 4.79 Å². The Morgan fingerprint density at radius 2 is 1.79 bits per heavy atom. The van der Waals surface area contributed by atoms with Gasteiger partial charge in [0, 0.05) is 6.54 Å². The van der Waals surface area contributed by atoms with Crippen LogP contribution in [0.1, 0.15) is 57.6 Å². The molecule has 0 saturated heterocycles. The van der Waals surface area contributed by atoms with Gasteiger partial charge in [-0.1, -0.05) is 51.5 Å². The highest BCUT2D eigenvalue weighted by Gasteiger charge is 2.14.